The Morgan fingerprint density at radius 2 is 1.80 bits per heavy atom. The van der Waals surface area contributed by atoms with E-state index in [-0.39, 0.29) is 0 Å². The van der Waals surface area contributed by atoms with E-state index >= 15 is 0 Å². The summed E-state index contributed by atoms with van der Waals surface area (Å²) in [5, 5.41) is 0. The van der Waals surface area contributed by atoms with E-state index in [9.17, 15) is 0 Å². The van der Waals surface area contributed by atoms with Gasteiger partial charge in [-0.25, -0.2) is 0 Å². The molecule has 0 atom stereocenters. The van der Waals surface area contributed by atoms with Crippen LogP contribution in [0.15, 0.2) is 30.3 Å². The quantitative estimate of drug-likeness (QED) is 0.625. The van der Waals surface area contributed by atoms with Crippen molar-refractivity contribution in [2.45, 2.75) is 0 Å². The highest BCUT2D eigenvalue weighted by molar-refractivity contribution is 8.89. The zero-order valence-corrected chi connectivity index (χ0v) is 11.3. The highest BCUT2D eigenvalue weighted by atomic mass is 33.1. The van der Waals surface area contributed by atoms with Crippen molar-refractivity contribution in [2.75, 3.05) is 11.9 Å². The van der Waals surface area contributed by atoms with Crippen molar-refractivity contribution >= 4 is 60.4 Å². The molecule has 1 rings (SSSR count). The lowest BCUT2D eigenvalue weighted by Crippen LogP contribution is -2.20. The van der Waals surface area contributed by atoms with E-state index in [1.54, 1.807) is 0 Å². The van der Waals surface area contributed by atoms with E-state index in [2.05, 4.69) is 0 Å². The van der Waals surface area contributed by atoms with Crippen molar-refractivity contribution in [2.24, 2.45) is 5.73 Å². The first-order valence-corrected chi connectivity index (χ1v) is 7.04. The second kappa shape index (κ2) is 6.32. The SMILES string of the molecule is CN(C(=S)SSC(N)=S)c1ccccc1. The van der Waals surface area contributed by atoms with Gasteiger partial charge in [-0.05, 0) is 33.7 Å². The van der Waals surface area contributed by atoms with Crippen LogP contribution in [0.2, 0.25) is 0 Å². The van der Waals surface area contributed by atoms with Gasteiger partial charge in [-0.3, -0.25) is 0 Å². The third kappa shape index (κ3) is 4.38. The van der Waals surface area contributed by atoms with Gasteiger partial charge in [0.15, 0.2) is 4.32 Å². The molecule has 0 aliphatic rings. The minimum atomic E-state index is 0.392. The third-order valence-electron chi connectivity index (χ3n) is 1.61. The predicted octanol–water partition coefficient (Wildman–Crippen LogP) is 3.03. The average Bonchev–Trinajstić information content (AvgIpc) is 2.26. The third-order valence-corrected chi connectivity index (χ3v) is 4.95. The maximum absolute atomic E-state index is 5.37. The molecule has 6 heteroatoms. The maximum Gasteiger partial charge on any atom is 0.151 e. The Bertz CT molecular complexity index is 352. The van der Waals surface area contributed by atoms with E-state index < -0.39 is 0 Å². The van der Waals surface area contributed by atoms with E-state index in [0.29, 0.717) is 4.32 Å². The second-order valence-electron chi connectivity index (χ2n) is 2.65. The molecule has 0 fully saturated rings. The molecule has 0 unspecified atom stereocenters. The zero-order valence-electron chi connectivity index (χ0n) is 8.04. The number of nitrogens with two attached hydrogens (primary N) is 1. The highest BCUT2D eigenvalue weighted by Gasteiger charge is 2.07. The summed E-state index contributed by atoms with van der Waals surface area (Å²) >= 11 is 9.99. The molecule has 0 aliphatic carbocycles. The van der Waals surface area contributed by atoms with Crippen LogP contribution in [0, 0.1) is 0 Å². The first kappa shape index (κ1) is 12.8. The molecule has 2 nitrogen and oxygen atoms in total. The number of hydrogen-bond acceptors (Lipinski definition) is 4. The monoisotopic (exact) mass is 274 g/mol. The summed E-state index contributed by atoms with van der Waals surface area (Å²) in [6.45, 7) is 0. The van der Waals surface area contributed by atoms with Crippen LogP contribution in [0.4, 0.5) is 5.69 Å². The molecular weight excluding hydrogens is 264 g/mol. The van der Waals surface area contributed by atoms with Gasteiger partial charge in [0.2, 0.25) is 0 Å². The molecule has 0 heterocycles. The van der Waals surface area contributed by atoms with Crippen molar-refractivity contribution in [3.63, 3.8) is 0 Å². The molecule has 0 aromatic heterocycles. The Kier molecular flexibility index (Phi) is 5.38. The second-order valence-corrected chi connectivity index (χ2v) is 6.15. The Morgan fingerprint density at radius 3 is 2.33 bits per heavy atom. The van der Waals surface area contributed by atoms with Crippen LogP contribution < -0.4 is 10.6 Å². The molecule has 0 spiro atoms. The van der Waals surface area contributed by atoms with E-state index in [1.807, 2.05) is 42.3 Å². The van der Waals surface area contributed by atoms with Gasteiger partial charge in [-0.15, -0.1) is 0 Å². The fourth-order valence-corrected chi connectivity index (χ4v) is 2.77. The van der Waals surface area contributed by atoms with Crippen LogP contribution in [0.25, 0.3) is 0 Å². The largest absolute Gasteiger partial charge is 0.384 e. The van der Waals surface area contributed by atoms with Gasteiger partial charge in [0, 0.05) is 12.7 Å². The first-order valence-electron chi connectivity index (χ1n) is 4.08. The van der Waals surface area contributed by atoms with Crippen LogP contribution in [0.5, 0.6) is 0 Å². The Hall–Kier alpha value is -0.300. The summed E-state index contributed by atoms with van der Waals surface area (Å²) in [4.78, 5) is 1.92. The van der Waals surface area contributed by atoms with Crippen molar-refractivity contribution in [3.8, 4) is 0 Å². The molecule has 80 valence electrons. The van der Waals surface area contributed by atoms with Crippen LogP contribution in [-0.2, 0) is 0 Å². The van der Waals surface area contributed by atoms with Gasteiger partial charge in [0.05, 0.1) is 0 Å². The highest BCUT2D eigenvalue weighted by Crippen LogP contribution is 2.27. The number of rotatable bonds is 1. The number of hydrogen-bond donors (Lipinski definition) is 1. The van der Waals surface area contributed by atoms with Crippen LogP contribution >= 0.6 is 46.0 Å². The lowest BCUT2D eigenvalue weighted by atomic mass is 10.3. The number of anilines is 1. The van der Waals surface area contributed by atoms with Gasteiger partial charge in [-0.1, -0.05) is 42.6 Å². The molecule has 0 radical (unpaired) electrons. The minimum Gasteiger partial charge on any atom is -0.384 e. The summed E-state index contributed by atoms with van der Waals surface area (Å²) < 4.78 is 1.13. The molecule has 0 aliphatic heterocycles. The Labute approximate surface area is 108 Å². The molecule has 0 amide bonds. The average molecular weight is 274 g/mol. The summed E-state index contributed by atoms with van der Waals surface area (Å²) in [7, 11) is 4.62. The molecular formula is C9H10N2S4. The summed E-state index contributed by atoms with van der Waals surface area (Å²) in [5.74, 6) is 0. The number of thiocarbonyl (C=S) groups is 2. The first-order chi connectivity index (χ1) is 7.11. The molecule has 0 bridgehead atoms. The topological polar surface area (TPSA) is 29.3 Å². The lowest BCUT2D eigenvalue weighted by molar-refractivity contribution is 1.31. The van der Waals surface area contributed by atoms with Gasteiger partial charge in [0.1, 0.15) is 4.32 Å². The fraction of sp³-hybridized carbons (Fsp3) is 0.111. The summed E-state index contributed by atoms with van der Waals surface area (Å²) in [6, 6.07) is 9.91. The number of benzene rings is 1. The van der Waals surface area contributed by atoms with Gasteiger partial charge >= 0.3 is 0 Å². The Morgan fingerprint density at radius 1 is 1.20 bits per heavy atom. The van der Waals surface area contributed by atoms with E-state index in [0.717, 1.165) is 10.0 Å². The van der Waals surface area contributed by atoms with Crippen molar-refractivity contribution in [1.29, 1.82) is 0 Å². The molecule has 2 N–H and O–H groups in total. The van der Waals surface area contributed by atoms with Crippen molar-refractivity contribution in [1.82, 2.24) is 0 Å². The van der Waals surface area contributed by atoms with E-state index in [4.69, 9.17) is 30.2 Å². The van der Waals surface area contributed by atoms with Gasteiger partial charge < -0.3 is 10.6 Å². The van der Waals surface area contributed by atoms with Gasteiger partial charge in [-0.2, -0.15) is 0 Å². The van der Waals surface area contributed by atoms with Crippen molar-refractivity contribution in [3.05, 3.63) is 30.3 Å². The predicted molar refractivity (Wildman–Crippen MR) is 79.4 cm³/mol. The standard InChI is InChI=1S/C9H10N2S4/c1-11(7-5-3-2-4-6-7)9(13)15-14-8(10)12/h2-6H,1H3,(H2,10,12). The van der Waals surface area contributed by atoms with Crippen molar-refractivity contribution < 1.29 is 0 Å². The molecule has 1 aromatic rings. The van der Waals surface area contributed by atoms with Gasteiger partial charge in [0.25, 0.3) is 0 Å². The molecule has 0 saturated carbocycles. The normalized spacial score (nSPS) is 9.67. The van der Waals surface area contributed by atoms with Crippen LogP contribution in [0.3, 0.4) is 0 Å². The summed E-state index contributed by atoms with van der Waals surface area (Å²) in [5.41, 5.74) is 6.43. The van der Waals surface area contributed by atoms with Crippen LogP contribution in [-0.4, -0.2) is 15.7 Å². The fourth-order valence-electron chi connectivity index (χ4n) is 0.890. The lowest BCUT2D eigenvalue weighted by Gasteiger charge is -2.18. The van der Waals surface area contributed by atoms with Crippen LogP contribution in [0.1, 0.15) is 0 Å². The zero-order chi connectivity index (χ0) is 11.3. The number of para-hydroxylation sites is 1. The number of nitrogens with zero attached hydrogens (tertiary/aromatic N) is 1. The summed E-state index contributed by atoms with van der Waals surface area (Å²) in [6.07, 6.45) is 0. The minimum absolute atomic E-state index is 0.392. The van der Waals surface area contributed by atoms with E-state index in [1.165, 1.54) is 21.6 Å². The molecule has 15 heavy (non-hydrogen) atoms. The molecule has 1 aromatic carbocycles. The smallest absolute Gasteiger partial charge is 0.151 e. The maximum atomic E-state index is 5.37. The Balaban J connectivity index is 2.57. The molecule has 0 saturated heterocycles.